The van der Waals surface area contributed by atoms with Crippen molar-refractivity contribution in [3.63, 3.8) is 0 Å². The van der Waals surface area contributed by atoms with Gasteiger partial charge < -0.3 is 9.67 Å². The number of carbonyl (C=O) groups excluding carboxylic acids is 1. The molecule has 0 aliphatic heterocycles. The van der Waals surface area contributed by atoms with E-state index in [0.29, 0.717) is 22.2 Å². The number of nitriles is 1. The minimum absolute atomic E-state index is 0.0568. The Bertz CT molecular complexity index is 889. The lowest BCUT2D eigenvalue weighted by Gasteiger charge is -2.25. The molecule has 1 atom stereocenters. The number of aromatic nitrogens is 2. The number of amides is 1. The van der Waals surface area contributed by atoms with Crippen molar-refractivity contribution < 1.29 is 23.1 Å². The maximum atomic E-state index is 12.4. The normalized spacial score (nSPS) is 13.5. The van der Waals surface area contributed by atoms with Crippen molar-refractivity contribution >= 4 is 22.9 Å². The van der Waals surface area contributed by atoms with E-state index in [-0.39, 0.29) is 5.95 Å². The number of nitrogens with one attached hydrogen (secondary N) is 1. The van der Waals surface area contributed by atoms with Gasteiger partial charge in [-0.25, -0.2) is 4.98 Å². The van der Waals surface area contributed by atoms with E-state index in [0.717, 1.165) is 0 Å². The van der Waals surface area contributed by atoms with Crippen LogP contribution in [0.3, 0.4) is 0 Å². The molecule has 2 N–H and O–H groups in total. The van der Waals surface area contributed by atoms with E-state index in [1.807, 2.05) is 20.8 Å². The summed E-state index contributed by atoms with van der Waals surface area (Å²) in [5, 5.41) is 20.6. The fourth-order valence-electron chi connectivity index (χ4n) is 2.58. The number of rotatable bonds is 3. The fourth-order valence-corrected chi connectivity index (χ4v) is 2.58. The van der Waals surface area contributed by atoms with Crippen molar-refractivity contribution in [1.82, 2.24) is 9.55 Å². The second-order valence-corrected chi connectivity index (χ2v) is 7.02. The van der Waals surface area contributed by atoms with Crippen molar-refractivity contribution in [3.05, 3.63) is 23.3 Å². The number of alkyl halides is 3. The summed E-state index contributed by atoms with van der Waals surface area (Å²) in [6.45, 7) is 7.24. The zero-order valence-electron chi connectivity index (χ0n) is 14.8. The van der Waals surface area contributed by atoms with Crippen molar-refractivity contribution in [2.24, 2.45) is 0 Å². The first kappa shape index (κ1) is 19.7. The van der Waals surface area contributed by atoms with Gasteiger partial charge in [0.1, 0.15) is 0 Å². The summed E-state index contributed by atoms with van der Waals surface area (Å²) in [4.78, 5) is 16.2. The summed E-state index contributed by atoms with van der Waals surface area (Å²) < 4.78 is 38.9. The minimum Gasteiger partial charge on any atom is -0.383 e. The highest BCUT2D eigenvalue weighted by Gasteiger charge is 2.39. The maximum absolute atomic E-state index is 12.4. The molecule has 140 valence electrons. The molecule has 0 saturated carbocycles. The van der Waals surface area contributed by atoms with Gasteiger partial charge in [-0.3, -0.25) is 10.1 Å². The second kappa shape index (κ2) is 6.61. The van der Waals surface area contributed by atoms with Crippen LogP contribution in [0.4, 0.5) is 19.1 Å². The molecule has 0 bridgehead atoms. The van der Waals surface area contributed by atoms with Gasteiger partial charge in [-0.05, 0) is 45.4 Å². The molecule has 0 unspecified atom stereocenters. The average Bonchev–Trinajstić information content (AvgIpc) is 2.81. The average molecular weight is 368 g/mol. The van der Waals surface area contributed by atoms with Gasteiger partial charge in [-0.1, -0.05) is 0 Å². The van der Waals surface area contributed by atoms with Crippen LogP contribution in [0.25, 0.3) is 11.0 Å². The molecule has 1 amide bonds. The van der Waals surface area contributed by atoms with E-state index in [9.17, 15) is 23.2 Å². The lowest BCUT2D eigenvalue weighted by atomic mass is 10.1. The second-order valence-electron chi connectivity index (χ2n) is 7.02. The van der Waals surface area contributed by atoms with Crippen LogP contribution < -0.4 is 5.32 Å². The third-order valence-corrected chi connectivity index (χ3v) is 3.80. The number of benzene rings is 1. The van der Waals surface area contributed by atoms with Crippen molar-refractivity contribution in [2.75, 3.05) is 5.32 Å². The van der Waals surface area contributed by atoms with Crippen LogP contribution in [0.15, 0.2) is 12.1 Å². The first-order chi connectivity index (χ1) is 11.8. The van der Waals surface area contributed by atoms with Crippen molar-refractivity contribution in [1.29, 1.82) is 5.26 Å². The predicted octanol–water partition coefficient (Wildman–Crippen LogP) is 3.22. The van der Waals surface area contributed by atoms with Crippen LogP contribution in [0, 0.1) is 18.3 Å². The third-order valence-electron chi connectivity index (χ3n) is 3.80. The third kappa shape index (κ3) is 3.96. The Morgan fingerprint density at radius 1 is 1.38 bits per heavy atom. The maximum Gasteiger partial charge on any atom is 0.414 e. The molecule has 0 aliphatic rings. The molecular weight excluding hydrogens is 349 g/mol. The largest absolute Gasteiger partial charge is 0.414 e. The zero-order valence-corrected chi connectivity index (χ0v) is 14.8. The van der Waals surface area contributed by atoms with Gasteiger partial charge in [0, 0.05) is 5.54 Å². The van der Waals surface area contributed by atoms with Gasteiger partial charge in [-0.2, -0.15) is 18.4 Å². The summed E-state index contributed by atoms with van der Waals surface area (Å²) in [6.07, 6.45) is -8.75. The van der Waals surface area contributed by atoms with Crippen molar-refractivity contribution in [2.45, 2.75) is 51.9 Å². The monoisotopic (exact) mass is 368 g/mol. The Morgan fingerprint density at radius 3 is 2.50 bits per heavy atom. The number of aliphatic hydroxyl groups excluding tert-OH is 1. The summed E-state index contributed by atoms with van der Waals surface area (Å²) >= 11 is 0. The summed E-state index contributed by atoms with van der Waals surface area (Å²) in [6, 6.07) is 5.38. The van der Waals surface area contributed by atoms with E-state index in [1.165, 1.54) is 0 Å². The van der Waals surface area contributed by atoms with Gasteiger partial charge in [0.25, 0.3) is 0 Å². The van der Waals surface area contributed by atoms with Crippen LogP contribution in [0.1, 0.15) is 38.3 Å². The first-order valence-corrected chi connectivity index (χ1v) is 7.83. The number of aryl methyl sites for hydroxylation is 1. The van der Waals surface area contributed by atoms with Crippen molar-refractivity contribution in [3.8, 4) is 6.07 Å². The lowest BCUT2D eigenvalue weighted by molar-refractivity contribution is -0.205. The molecule has 26 heavy (non-hydrogen) atoms. The number of carbonyl (C=O) groups is 1. The number of nitrogens with zero attached hydrogens (tertiary/aromatic N) is 3. The molecule has 2 rings (SSSR count). The Balaban J connectivity index is 2.47. The minimum atomic E-state index is -4.87. The molecule has 9 heteroatoms. The number of hydrogen-bond acceptors (Lipinski definition) is 4. The van der Waals surface area contributed by atoms with Gasteiger partial charge >= 0.3 is 6.18 Å². The highest BCUT2D eigenvalue weighted by molar-refractivity contribution is 5.92. The van der Waals surface area contributed by atoms with Crippen LogP contribution >= 0.6 is 0 Å². The van der Waals surface area contributed by atoms with Gasteiger partial charge in [0.2, 0.25) is 11.9 Å². The number of halogens is 3. The number of hydrogen-bond donors (Lipinski definition) is 2. The Morgan fingerprint density at radius 2 is 2.00 bits per heavy atom. The Kier molecular flexibility index (Phi) is 5.01. The van der Waals surface area contributed by atoms with Crippen LogP contribution in [0.5, 0.6) is 0 Å². The molecule has 0 spiro atoms. The van der Waals surface area contributed by atoms with E-state index < -0.39 is 30.1 Å². The van der Waals surface area contributed by atoms with E-state index in [4.69, 9.17) is 5.11 Å². The Hall–Kier alpha value is -2.60. The highest BCUT2D eigenvalue weighted by atomic mass is 19.4. The van der Waals surface area contributed by atoms with Crippen LogP contribution in [-0.4, -0.2) is 32.8 Å². The summed E-state index contributed by atoms with van der Waals surface area (Å²) in [5.41, 5.74) is 1.65. The van der Waals surface area contributed by atoms with Gasteiger partial charge in [0.15, 0.2) is 6.10 Å². The fraction of sp³-hybridized carbons (Fsp3) is 0.471. The molecule has 0 radical (unpaired) electrons. The molecular formula is C17H19F3N4O2. The molecule has 1 heterocycles. The SMILES string of the molecule is Cc1cc2nc(NC(=O)C[C@H](O)C(F)(F)F)n(C(C)(C)C)c2cc1C#N. The molecule has 0 aliphatic carbocycles. The molecule has 0 saturated heterocycles. The number of anilines is 1. The molecule has 1 aromatic heterocycles. The number of fused-ring (bicyclic) bond motifs is 1. The quantitative estimate of drug-likeness (QED) is 0.870. The molecule has 0 fully saturated rings. The standard InChI is InChI=1S/C17H19F3N4O2/c1-9-5-11-12(6-10(9)8-21)24(16(2,3)4)15(22-11)23-14(26)7-13(25)17(18,19)20/h5-6,13,25H,7H2,1-4H3,(H,22,23,26)/t13-/m0/s1. The van der Waals surface area contributed by atoms with E-state index in [2.05, 4.69) is 16.4 Å². The van der Waals surface area contributed by atoms with E-state index >= 15 is 0 Å². The first-order valence-electron chi connectivity index (χ1n) is 7.83. The van der Waals surface area contributed by atoms with Gasteiger partial charge in [-0.15, -0.1) is 0 Å². The van der Waals surface area contributed by atoms with Crippen LogP contribution in [-0.2, 0) is 10.3 Å². The molecule has 1 aromatic carbocycles. The number of imidazole rings is 1. The lowest BCUT2D eigenvalue weighted by Crippen LogP contribution is -2.33. The molecule has 6 nitrogen and oxygen atoms in total. The predicted molar refractivity (Wildman–Crippen MR) is 89.5 cm³/mol. The van der Waals surface area contributed by atoms with Crippen LogP contribution in [0.2, 0.25) is 0 Å². The number of aliphatic hydroxyl groups is 1. The highest BCUT2D eigenvalue weighted by Crippen LogP contribution is 2.30. The Labute approximate surface area is 148 Å². The topological polar surface area (TPSA) is 90.9 Å². The van der Waals surface area contributed by atoms with E-state index in [1.54, 1.807) is 23.6 Å². The smallest absolute Gasteiger partial charge is 0.383 e. The summed E-state index contributed by atoms with van der Waals surface area (Å²) in [7, 11) is 0. The molecule has 2 aromatic rings. The van der Waals surface area contributed by atoms with Gasteiger partial charge in [0.05, 0.1) is 29.1 Å². The summed E-state index contributed by atoms with van der Waals surface area (Å²) in [5.74, 6) is -0.950. The zero-order chi connectivity index (χ0) is 19.9.